The third-order valence-electron chi connectivity index (χ3n) is 2.35. The lowest BCUT2D eigenvalue weighted by Crippen LogP contribution is -2.07. The highest BCUT2D eigenvalue weighted by Gasteiger charge is 2.03. The van der Waals surface area contributed by atoms with Crippen LogP contribution in [0.5, 0.6) is 5.75 Å². The molecule has 1 rings (SSSR count). The molecular formula is C12H17NO. The summed E-state index contributed by atoms with van der Waals surface area (Å²) in [7, 11) is 0. The van der Waals surface area contributed by atoms with Crippen molar-refractivity contribution in [1.82, 2.24) is 0 Å². The van der Waals surface area contributed by atoms with Crippen LogP contribution < -0.4 is 0 Å². The highest BCUT2D eigenvalue weighted by atomic mass is 16.3. The van der Waals surface area contributed by atoms with Crippen molar-refractivity contribution in [2.75, 3.05) is 0 Å². The maximum atomic E-state index is 9.47. The Balaban J connectivity index is 2.74. The van der Waals surface area contributed by atoms with E-state index in [4.69, 9.17) is 0 Å². The van der Waals surface area contributed by atoms with Crippen molar-refractivity contribution in [2.24, 2.45) is 10.9 Å². The highest BCUT2D eigenvalue weighted by Crippen LogP contribution is 2.13. The van der Waals surface area contributed by atoms with Crippen molar-refractivity contribution in [3.8, 4) is 5.75 Å². The minimum atomic E-state index is 0.284. The Hall–Kier alpha value is -1.31. The molecule has 0 fully saturated rings. The Morgan fingerprint density at radius 1 is 1.21 bits per heavy atom. The van der Waals surface area contributed by atoms with E-state index in [0.717, 1.165) is 5.56 Å². The van der Waals surface area contributed by atoms with E-state index in [0.29, 0.717) is 5.92 Å². The number of phenols is 1. The largest absolute Gasteiger partial charge is 0.507 e. The van der Waals surface area contributed by atoms with E-state index in [2.05, 4.69) is 25.8 Å². The van der Waals surface area contributed by atoms with Gasteiger partial charge in [0.1, 0.15) is 5.75 Å². The van der Waals surface area contributed by atoms with E-state index in [1.807, 2.05) is 12.1 Å². The number of hydrogen-bond acceptors (Lipinski definition) is 2. The van der Waals surface area contributed by atoms with Crippen molar-refractivity contribution in [1.29, 1.82) is 0 Å². The molecule has 1 unspecified atom stereocenters. The van der Waals surface area contributed by atoms with E-state index in [1.54, 1.807) is 18.3 Å². The maximum absolute atomic E-state index is 9.47. The van der Waals surface area contributed by atoms with Gasteiger partial charge in [0.05, 0.1) is 0 Å². The quantitative estimate of drug-likeness (QED) is 0.732. The van der Waals surface area contributed by atoms with Gasteiger partial charge in [-0.05, 0) is 25.0 Å². The molecule has 1 aromatic carbocycles. The second-order valence-electron chi connectivity index (χ2n) is 3.82. The fraction of sp³-hybridized carbons (Fsp3) is 0.417. The average molecular weight is 191 g/mol. The first-order chi connectivity index (χ1) is 6.61. The van der Waals surface area contributed by atoms with Gasteiger partial charge in [0.25, 0.3) is 0 Å². The zero-order valence-electron chi connectivity index (χ0n) is 8.94. The average Bonchev–Trinajstić information content (AvgIpc) is 2.16. The van der Waals surface area contributed by atoms with Crippen LogP contribution in [-0.2, 0) is 0 Å². The van der Waals surface area contributed by atoms with E-state index in [1.165, 1.54) is 0 Å². The van der Waals surface area contributed by atoms with Crippen LogP contribution in [0.1, 0.15) is 26.3 Å². The molecule has 2 heteroatoms. The first kappa shape index (κ1) is 10.8. The fourth-order valence-electron chi connectivity index (χ4n) is 0.967. The molecule has 0 aromatic heterocycles. The molecule has 14 heavy (non-hydrogen) atoms. The molecule has 0 aliphatic carbocycles. The fourth-order valence-corrected chi connectivity index (χ4v) is 0.967. The molecule has 1 aromatic rings. The zero-order chi connectivity index (χ0) is 10.6. The summed E-state index contributed by atoms with van der Waals surface area (Å²) in [5, 5.41) is 9.47. The van der Waals surface area contributed by atoms with Crippen LogP contribution in [0.25, 0.3) is 0 Å². The Bertz CT molecular complexity index is 318. The number of benzene rings is 1. The third-order valence-corrected chi connectivity index (χ3v) is 2.35. The zero-order valence-corrected chi connectivity index (χ0v) is 8.94. The maximum Gasteiger partial charge on any atom is 0.124 e. The number of para-hydroxylation sites is 1. The Kier molecular flexibility index (Phi) is 3.69. The molecule has 0 saturated carbocycles. The molecule has 0 heterocycles. The van der Waals surface area contributed by atoms with E-state index in [-0.39, 0.29) is 11.8 Å². The number of nitrogens with zero attached hydrogens (tertiary/aromatic N) is 1. The predicted molar refractivity (Wildman–Crippen MR) is 60.0 cm³/mol. The molecule has 2 nitrogen and oxygen atoms in total. The summed E-state index contributed by atoms with van der Waals surface area (Å²) < 4.78 is 0. The van der Waals surface area contributed by atoms with Crippen LogP contribution in [0.3, 0.4) is 0 Å². The minimum absolute atomic E-state index is 0.284. The van der Waals surface area contributed by atoms with Gasteiger partial charge in [0.2, 0.25) is 0 Å². The number of aliphatic imine (C=N–C) groups is 1. The minimum Gasteiger partial charge on any atom is -0.507 e. The van der Waals surface area contributed by atoms with Crippen molar-refractivity contribution in [3.63, 3.8) is 0 Å². The summed E-state index contributed by atoms with van der Waals surface area (Å²) >= 11 is 0. The van der Waals surface area contributed by atoms with Gasteiger partial charge in [-0.25, -0.2) is 0 Å². The predicted octanol–water partition coefficient (Wildman–Crippen LogP) is 2.86. The molecule has 0 spiro atoms. The van der Waals surface area contributed by atoms with Gasteiger partial charge >= 0.3 is 0 Å². The summed E-state index contributed by atoms with van der Waals surface area (Å²) in [5.41, 5.74) is 0.778. The van der Waals surface area contributed by atoms with Gasteiger partial charge in [0, 0.05) is 17.8 Å². The Morgan fingerprint density at radius 3 is 2.43 bits per heavy atom. The lowest BCUT2D eigenvalue weighted by Gasteiger charge is -2.09. The molecule has 0 saturated heterocycles. The molecule has 0 amide bonds. The van der Waals surface area contributed by atoms with Crippen molar-refractivity contribution >= 4 is 6.21 Å². The van der Waals surface area contributed by atoms with Gasteiger partial charge in [-0.2, -0.15) is 0 Å². The summed E-state index contributed by atoms with van der Waals surface area (Å²) in [6, 6.07) is 7.50. The van der Waals surface area contributed by atoms with Gasteiger partial charge in [0.15, 0.2) is 0 Å². The lowest BCUT2D eigenvalue weighted by atomic mass is 10.1. The second-order valence-corrected chi connectivity index (χ2v) is 3.82. The van der Waals surface area contributed by atoms with Gasteiger partial charge < -0.3 is 5.11 Å². The molecule has 76 valence electrons. The van der Waals surface area contributed by atoms with E-state index < -0.39 is 0 Å². The van der Waals surface area contributed by atoms with Crippen LogP contribution in [-0.4, -0.2) is 17.4 Å². The molecule has 1 atom stereocenters. The topological polar surface area (TPSA) is 32.6 Å². The summed E-state index contributed by atoms with van der Waals surface area (Å²) in [6.07, 6.45) is 1.74. The van der Waals surface area contributed by atoms with Crippen molar-refractivity contribution < 1.29 is 5.11 Å². The van der Waals surface area contributed by atoms with Crippen molar-refractivity contribution in [3.05, 3.63) is 29.8 Å². The van der Waals surface area contributed by atoms with Crippen LogP contribution in [0.2, 0.25) is 0 Å². The van der Waals surface area contributed by atoms with Crippen LogP contribution >= 0.6 is 0 Å². The first-order valence-electron chi connectivity index (χ1n) is 4.92. The summed E-state index contributed by atoms with van der Waals surface area (Å²) in [5.74, 6) is 0.810. The van der Waals surface area contributed by atoms with Gasteiger partial charge in [-0.15, -0.1) is 0 Å². The Morgan fingerprint density at radius 2 is 1.86 bits per heavy atom. The number of rotatable bonds is 3. The molecule has 0 bridgehead atoms. The molecule has 0 radical (unpaired) electrons. The standard InChI is InChI=1S/C12H17NO/c1-9(2)10(3)13-8-11-6-4-5-7-12(11)14/h4-10,14H,1-3H3. The molecule has 0 aliphatic rings. The van der Waals surface area contributed by atoms with E-state index >= 15 is 0 Å². The molecule has 1 N–H and O–H groups in total. The van der Waals surface area contributed by atoms with Gasteiger partial charge in [-0.1, -0.05) is 26.0 Å². The monoisotopic (exact) mass is 191 g/mol. The second kappa shape index (κ2) is 4.80. The number of aromatic hydroxyl groups is 1. The normalized spacial score (nSPS) is 13.7. The van der Waals surface area contributed by atoms with Crippen LogP contribution in [0.4, 0.5) is 0 Å². The SMILES string of the molecule is CC(C)C(C)N=Cc1ccccc1O. The summed E-state index contributed by atoms with van der Waals surface area (Å²) in [6.45, 7) is 6.33. The number of hydrogen-bond donors (Lipinski definition) is 1. The first-order valence-corrected chi connectivity index (χ1v) is 4.92. The highest BCUT2D eigenvalue weighted by molar-refractivity contribution is 5.83. The summed E-state index contributed by atoms with van der Waals surface area (Å²) in [4.78, 5) is 4.37. The van der Waals surface area contributed by atoms with Gasteiger partial charge in [-0.3, -0.25) is 4.99 Å². The van der Waals surface area contributed by atoms with Crippen LogP contribution in [0, 0.1) is 5.92 Å². The molecule has 0 aliphatic heterocycles. The van der Waals surface area contributed by atoms with Crippen molar-refractivity contribution in [2.45, 2.75) is 26.8 Å². The number of phenolic OH excluding ortho intramolecular Hbond substituents is 1. The Labute approximate surface area is 85.3 Å². The smallest absolute Gasteiger partial charge is 0.124 e. The third kappa shape index (κ3) is 2.87. The lowest BCUT2D eigenvalue weighted by molar-refractivity contribution is 0.474. The van der Waals surface area contributed by atoms with E-state index in [9.17, 15) is 5.11 Å². The molecular weight excluding hydrogens is 174 g/mol. The van der Waals surface area contributed by atoms with Crippen LogP contribution in [0.15, 0.2) is 29.3 Å².